The largest absolute Gasteiger partial charge is 0.448 e. The van der Waals surface area contributed by atoms with E-state index in [4.69, 9.17) is 9.47 Å². The molecule has 0 radical (unpaired) electrons. The third-order valence-electron chi connectivity index (χ3n) is 4.30. The molecule has 0 amide bonds. The van der Waals surface area contributed by atoms with Gasteiger partial charge in [-0.05, 0) is 61.4 Å². The van der Waals surface area contributed by atoms with E-state index < -0.39 is 11.9 Å². The van der Waals surface area contributed by atoms with Crippen molar-refractivity contribution in [3.05, 3.63) is 73.8 Å². The first-order chi connectivity index (χ1) is 16.0. The number of thioether (sulfide) groups is 2. The van der Waals surface area contributed by atoms with Crippen molar-refractivity contribution in [3.63, 3.8) is 0 Å². The average molecular weight is 503 g/mol. The third kappa shape index (κ3) is 10.2. The summed E-state index contributed by atoms with van der Waals surface area (Å²) in [6.45, 7) is 11.1. The van der Waals surface area contributed by atoms with Crippen molar-refractivity contribution >= 4 is 47.2 Å². The van der Waals surface area contributed by atoms with Crippen molar-refractivity contribution in [2.75, 3.05) is 0 Å². The Labute approximate surface area is 209 Å². The maximum Gasteiger partial charge on any atom is 0.331 e. The molecule has 7 heteroatoms. The topological polar surface area (TPSA) is 52.6 Å². The van der Waals surface area contributed by atoms with Gasteiger partial charge in [0, 0.05) is 31.7 Å². The van der Waals surface area contributed by atoms with Crippen molar-refractivity contribution in [3.8, 4) is 0 Å². The zero-order valence-corrected chi connectivity index (χ0v) is 21.5. The van der Waals surface area contributed by atoms with E-state index in [2.05, 4.69) is 51.3 Å². The van der Waals surface area contributed by atoms with E-state index >= 15 is 0 Å². The summed E-state index contributed by atoms with van der Waals surface area (Å²) in [5.74, 6) is -0.788. The summed E-state index contributed by atoms with van der Waals surface area (Å²) in [6, 6.07) is 16.5. The van der Waals surface area contributed by atoms with Gasteiger partial charge in [0.15, 0.2) is 10.9 Å². The molecule has 2 rings (SSSR count). The van der Waals surface area contributed by atoms with Gasteiger partial charge in [-0.1, -0.05) is 75.1 Å². The van der Waals surface area contributed by atoms with Gasteiger partial charge in [-0.3, -0.25) is 0 Å². The third-order valence-corrected chi connectivity index (χ3v) is 7.59. The van der Waals surface area contributed by atoms with Crippen molar-refractivity contribution in [2.45, 2.75) is 70.0 Å². The molecule has 0 heterocycles. The maximum absolute atomic E-state index is 11.5. The predicted molar refractivity (Wildman–Crippen MR) is 139 cm³/mol. The Hall–Kier alpha value is -2.09. The molecule has 0 aliphatic heterocycles. The molecule has 0 aliphatic carbocycles. The van der Waals surface area contributed by atoms with Gasteiger partial charge in [0.25, 0.3) is 0 Å². The summed E-state index contributed by atoms with van der Waals surface area (Å²) in [4.78, 5) is 27.4. The molecule has 0 fully saturated rings. The Bertz CT molecular complexity index is 835. The zero-order valence-electron chi connectivity index (χ0n) is 19.0. The standard InChI is InChI=1S/C26H30O4S3/c1-5-9-25(29-23(27)7-3)32-21-15-11-19(12-16-21)31-20-13-17-22(18-14-20)33-26(10-6-2)30-24(28)8-4/h7-8,11-18,25-26H,3-6,9-10H2,1-2H3. The van der Waals surface area contributed by atoms with Crippen molar-refractivity contribution < 1.29 is 19.1 Å². The number of hydrogen-bond acceptors (Lipinski definition) is 7. The Morgan fingerprint density at radius 1 is 0.727 bits per heavy atom. The highest BCUT2D eigenvalue weighted by atomic mass is 32.2. The quantitative estimate of drug-likeness (QED) is 0.113. The highest BCUT2D eigenvalue weighted by molar-refractivity contribution is 8.00. The van der Waals surface area contributed by atoms with Crippen LogP contribution in [0.4, 0.5) is 0 Å². The van der Waals surface area contributed by atoms with Gasteiger partial charge in [-0.2, -0.15) is 0 Å². The number of rotatable bonds is 14. The van der Waals surface area contributed by atoms with Crippen LogP contribution in [0.1, 0.15) is 39.5 Å². The molecule has 0 aliphatic rings. The molecule has 0 saturated heterocycles. The van der Waals surface area contributed by atoms with Crippen LogP contribution in [0.5, 0.6) is 0 Å². The first-order valence-electron chi connectivity index (χ1n) is 10.8. The number of carbonyl (C=O) groups is 2. The molecule has 2 aromatic carbocycles. The highest BCUT2D eigenvalue weighted by Gasteiger charge is 2.15. The van der Waals surface area contributed by atoms with E-state index in [1.165, 1.54) is 12.2 Å². The lowest BCUT2D eigenvalue weighted by Gasteiger charge is -2.16. The van der Waals surface area contributed by atoms with Gasteiger partial charge >= 0.3 is 11.9 Å². The van der Waals surface area contributed by atoms with Crippen LogP contribution in [0.2, 0.25) is 0 Å². The highest BCUT2D eigenvalue weighted by Crippen LogP contribution is 2.34. The molecule has 0 spiro atoms. The average Bonchev–Trinajstić information content (AvgIpc) is 2.81. The number of carbonyl (C=O) groups excluding carboxylic acids is 2. The van der Waals surface area contributed by atoms with Gasteiger partial charge in [0.2, 0.25) is 0 Å². The molecule has 0 bridgehead atoms. The Morgan fingerprint density at radius 2 is 1.06 bits per heavy atom. The molecule has 2 atom stereocenters. The van der Waals surface area contributed by atoms with Crippen LogP contribution < -0.4 is 0 Å². The SMILES string of the molecule is C=CC(=O)OC(CCC)Sc1ccc(Sc2ccc(SC(CCC)OC(=O)C=C)cc2)cc1. The first-order valence-corrected chi connectivity index (χ1v) is 13.4. The lowest BCUT2D eigenvalue weighted by Crippen LogP contribution is -2.12. The number of ether oxygens (including phenoxy) is 2. The second-order valence-corrected chi connectivity index (χ2v) is 10.6. The molecule has 0 N–H and O–H groups in total. The predicted octanol–water partition coefficient (Wildman–Crippen LogP) is 7.73. The number of hydrogen-bond donors (Lipinski definition) is 0. The fourth-order valence-corrected chi connectivity index (χ4v) is 5.73. The van der Waals surface area contributed by atoms with Crippen LogP contribution in [0.25, 0.3) is 0 Å². The van der Waals surface area contributed by atoms with E-state index in [-0.39, 0.29) is 10.9 Å². The van der Waals surface area contributed by atoms with E-state index in [9.17, 15) is 9.59 Å². The van der Waals surface area contributed by atoms with E-state index in [0.29, 0.717) is 0 Å². The molecule has 2 aromatic rings. The minimum absolute atomic E-state index is 0.216. The Balaban J connectivity index is 1.95. The lowest BCUT2D eigenvalue weighted by atomic mass is 10.3. The van der Waals surface area contributed by atoms with Crippen molar-refractivity contribution in [1.82, 2.24) is 0 Å². The van der Waals surface area contributed by atoms with E-state index in [0.717, 1.165) is 45.3 Å². The van der Waals surface area contributed by atoms with Gasteiger partial charge in [-0.15, -0.1) is 0 Å². The Morgan fingerprint density at radius 3 is 1.36 bits per heavy atom. The first kappa shape index (κ1) is 27.2. The molecule has 2 unspecified atom stereocenters. The van der Waals surface area contributed by atoms with E-state index in [1.54, 1.807) is 35.3 Å². The Kier molecular flexibility index (Phi) is 12.3. The lowest BCUT2D eigenvalue weighted by molar-refractivity contribution is -0.140. The summed E-state index contributed by atoms with van der Waals surface area (Å²) in [5, 5.41) is 0. The number of esters is 2. The minimum atomic E-state index is -0.394. The second-order valence-electron chi connectivity index (χ2n) is 7.00. The summed E-state index contributed by atoms with van der Waals surface area (Å²) in [5.41, 5.74) is -0.433. The molecule has 33 heavy (non-hydrogen) atoms. The molecular weight excluding hydrogens is 472 g/mol. The van der Waals surface area contributed by atoms with Gasteiger partial charge in [0.05, 0.1) is 0 Å². The minimum Gasteiger partial charge on any atom is -0.448 e. The molecule has 0 aromatic heterocycles. The fourth-order valence-electron chi connectivity index (χ4n) is 2.72. The van der Waals surface area contributed by atoms with Crippen LogP contribution in [-0.4, -0.2) is 22.8 Å². The number of benzene rings is 2. The summed E-state index contributed by atoms with van der Waals surface area (Å²) >= 11 is 4.76. The van der Waals surface area contributed by atoms with Crippen LogP contribution >= 0.6 is 35.3 Å². The molecule has 0 saturated carbocycles. The van der Waals surface area contributed by atoms with Crippen LogP contribution in [0.3, 0.4) is 0 Å². The van der Waals surface area contributed by atoms with Crippen molar-refractivity contribution in [1.29, 1.82) is 0 Å². The van der Waals surface area contributed by atoms with E-state index in [1.807, 2.05) is 24.3 Å². The van der Waals surface area contributed by atoms with Crippen LogP contribution in [-0.2, 0) is 19.1 Å². The van der Waals surface area contributed by atoms with Gasteiger partial charge in [-0.25, -0.2) is 9.59 Å². The normalized spacial score (nSPS) is 12.4. The van der Waals surface area contributed by atoms with Crippen molar-refractivity contribution in [2.24, 2.45) is 0 Å². The fraction of sp³-hybridized carbons (Fsp3) is 0.308. The summed E-state index contributed by atoms with van der Waals surface area (Å²) in [6.07, 6.45) is 5.84. The molecular formula is C26H30O4S3. The summed E-state index contributed by atoms with van der Waals surface area (Å²) in [7, 11) is 0. The zero-order chi connectivity index (χ0) is 24.1. The van der Waals surface area contributed by atoms with Gasteiger partial charge < -0.3 is 9.47 Å². The smallest absolute Gasteiger partial charge is 0.331 e. The van der Waals surface area contributed by atoms with Crippen LogP contribution in [0, 0.1) is 0 Å². The molecule has 4 nitrogen and oxygen atoms in total. The second kappa shape index (κ2) is 14.9. The molecule has 176 valence electrons. The monoisotopic (exact) mass is 502 g/mol. The maximum atomic E-state index is 11.5. The summed E-state index contributed by atoms with van der Waals surface area (Å²) < 4.78 is 10.8. The van der Waals surface area contributed by atoms with Crippen LogP contribution in [0.15, 0.2) is 93.4 Å². The van der Waals surface area contributed by atoms with Gasteiger partial charge in [0.1, 0.15) is 0 Å².